The normalized spacial score (nSPS) is 17.1. The van der Waals surface area contributed by atoms with Gasteiger partial charge in [0.15, 0.2) is 0 Å². The van der Waals surface area contributed by atoms with Crippen LogP contribution in [-0.2, 0) is 14.8 Å². The molecule has 19 heavy (non-hydrogen) atoms. The number of piperidine rings is 1. The molecule has 110 valence electrons. The van der Waals surface area contributed by atoms with Crippen molar-refractivity contribution in [2.45, 2.75) is 38.5 Å². The number of carbonyl (C=O) groups is 1. The third-order valence-electron chi connectivity index (χ3n) is 3.21. The van der Waals surface area contributed by atoms with E-state index in [1.165, 1.54) is 0 Å². The van der Waals surface area contributed by atoms with Gasteiger partial charge in [0.25, 0.3) is 0 Å². The number of carbonyl (C=O) groups excluding carboxylic acids is 1. The van der Waals surface area contributed by atoms with Gasteiger partial charge >= 0.3 is 0 Å². The number of hydrogen-bond donors (Lipinski definition) is 1. The summed E-state index contributed by atoms with van der Waals surface area (Å²) in [4.78, 5) is 11.3. The molecule has 0 aromatic carbocycles. The maximum atomic E-state index is 12.0. The van der Waals surface area contributed by atoms with Gasteiger partial charge in [-0.25, -0.2) is 12.7 Å². The third kappa shape index (κ3) is 6.20. The Morgan fingerprint density at radius 1 is 1.21 bits per heavy atom. The van der Waals surface area contributed by atoms with Crippen molar-refractivity contribution < 1.29 is 13.2 Å². The Kier molecular flexibility index (Phi) is 7.09. The highest BCUT2D eigenvalue weighted by molar-refractivity contribution is 7.89. The van der Waals surface area contributed by atoms with Crippen LogP contribution in [0.15, 0.2) is 12.7 Å². The molecule has 1 aliphatic rings. The topological polar surface area (TPSA) is 66.5 Å². The second-order valence-corrected chi connectivity index (χ2v) is 6.91. The molecular formula is C13H24N2O3S. The molecule has 0 aromatic rings. The molecule has 1 rings (SSSR count). The molecule has 1 heterocycles. The second-order valence-electron chi connectivity index (χ2n) is 4.83. The molecule has 0 unspecified atom stereocenters. The zero-order chi connectivity index (χ0) is 14.1. The standard InChI is InChI=1S/C13H24N2O3S/c1-2-9-14-13(16)8-4-7-12-19(17,18)15-10-5-3-6-11-15/h2H,1,3-12H2,(H,14,16). The highest BCUT2D eigenvalue weighted by Crippen LogP contribution is 2.14. The Morgan fingerprint density at radius 2 is 1.89 bits per heavy atom. The largest absolute Gasteiger partial charge is 0.353 e. The summed E-state index contributed by atoms with van der Waals surface area (Å²) in [5.41, 5.74) is 0. The van der Waals surface area contributed by atoms with Crippen molar-refractivity contribution in [3.8, 4) is 0 Å². The number of sulfonamides is 1. The molecule has 1 amide bonds. The van der Waals surface area contributed by atoms with E-state index in [4.69, 9.17) is 0 Å². The van der Waals surface area contributed by atoms with Gasteiger partial charge in [0.1, 0.15) is 0 Å². The van der Waals surface area contributed by atoms with Gasteiger partial charge in [-0.05, 0) is 25.7 Å². The predicted molar refractivity (Wildman–Crippen MR) is 76.3 cm³/mol. The van der Waals surface area contributed by atoms with Crippen LogP contribution in [0.5, 0.6) is 0 Å². The van der Waals surface area contributed by atoms with Crippen molar-refractivity contribution in [1.82, 2.24) is 9.62 Å². The molecule has 0 aromatic heterocycles. The van der Waals surface area contributed by atoms with E-state index in [9.17, 15) is 13.2 Å². The Bertz CT molecular complexity index is 387. The van der Waals surface area contributed by atoms with Gasteiger partial charge in [-0.15, -0.1) is 6.58 Å². The molecule has 5 nitrogen and oxygen atoms in total. The number of nitrogens with one attached hydrogen (secondary N) is 1. The SMILES string of the molecule is C=CCNC(=O)CCCCS(=O)(=O)N1CCCCC1. The van der Waals surface area contributed by atoms with Crippen molar-refractivity contribution in [3.05, 3.63) is 12.7 Å². The summed E-state index contributed by atoms with van der Waals surface area (Å²) in [6.45, 7) is 5.29. The summed E-state index contributed by atoms with van der Waals surface area (Å²) in [5.74, 6) is 0.108. The van der Waals surface area contributed by atoms with Gasteiger partial charge in [0, 0.05) is 26.1 Å². The fourth-order valence-electron chi connectivity index (χ4n) is 2.12. The van der Waals surface area contributed by atoms with E-state index in [1.807, 2.05) is 0 Å². The van der Waals surface area contributed by atoms with Crippen LogP contribution in [0.4, 0.5) is 0 Å². The number of hydrogen-bond acceptors (Lipinski definition) is 3. The molecular weight excluding hydrogens is 264 g/mol. The summed E-state index contributed by atoms with van der Waals surface area (Å²) in [7, 11) is -3.11. The van der Waals surface area contributed by atoms with Crippen LogP contribution < -0.4 is 5.32 Å². The minimum absolute atomic E-state index is 0.0460. The minimum Gasteiger partial charge on any atom is -0.353 e. The lowest BCUT2D eigenvalue weighted by Gasteiger charge is -2.25. The lowest BCUT2D eigenvalue weighted by Crippen LogP contribution is -2.37. The first kappa shape index (κ1) is 16.2. The van der Waals surface area contributed by atoms with E-state index in [2.05, 4.69) is 11.9 Å². The van der Waals surface area contributed by atoms with Crippen LogP contribution in [0.1, 0.15) is 38.5 Å². The quantitative estimate of drug-likeness (QED) is 0.540. The number of rotatable bonds is 8. The minimum atomic E-state index is -3.11. The first-order valence-corrected chi connectivity index (χ1v) is 8.52. The van der Waals surface area contributed by atoms with Crippen LogP contribution in [0.25, 0.3) is 0 Å². The average molecular weight is 288 g/mol. The van der Waals surface area contributed by atoms with E-state index in [0.29, 0.717) is 38.9 Å². The fraction of sp³-hybridized carbons (Fsp3) is 0.769. The molecule has 0 spiro atoms. The Balaban J connectivity index is 2.20. The van der Waals surface area contributed by atoms with Gasteiger partial charge in [0.2, 0.25) is 15.9 Å². The van der Waals surface area contributed by atoms with Crippen LogP contribution in [-0.4, -0.2) is 44.0 Å². The van der Waals surface area contributed by atoms with E-state index in [1.54, 1.807) is 10.4 Å². The van der Waals surface area contributed by atoms with Gasteiger partial charge in [-0.3, -0.25) is 4.79 Å². The van der Waals surface area contributed by atoms with Crippen molar-refractivity contribution >= 4 is 15.9 Å². The molecule has 6 heteroatoms. The van der Waals surface area contributed by atoms with Crippen LogP contribution >= 0.6 is 0 Å². The van der Waals surface area contributed by atoms with Crippen LogP contribution in [0.3, 0.4) is 0 Å². The van der Waals surface area contributed by atoms with Crippen molar-refractivity contribution in [3.63, 3.8) is 0 Å². The van der Waals surface area contributed by atoms with E-state index < -0.39 is 10.0 Å². The average Bonchev–Trinajstić information content (AvgIpc) is 2.42. The molecule has 1 N–H and O–H groups in total. The molecule has 0 bridgehead atoms. The van der Waals surface area contributed by atoms with Gasteiger partial charge in [-0.2, -0.15) is 0 Å². The van der Waals surface area contributed by atoms with Gasteiger partial charge in [-0.1, -0.05) is 12.5 Å². The maximum absolute atomic E-state index is 12.0. The molecule has 0 atom stereocenters. The Labute approximate surface area is 116 Å². The Morgan fingerprint density at radius 3 is 2.53 bits per heavy atom. The summed E-state index contributed by atoms with van der Waals surface area (Å²) in [6, 6.07) is 0. The smallest absolute Gasteiger partial charge is 0.220 e. The lowest BCUT2D eigenvalue weighted by atomic mass is 10.2. The maximum Gasteiger partial charge on any atom is 0.220 e. The van der Waals surface area contributed by atoms with Crippen molar-refractivity contribution in [1.29, 1.82) is 0 Å². The van der Waals surface area contributed by atoms with Crippen molar-refractivity contribution in [2.24, 2.45) is 0 Å². The van der Waals surface area contributed by atoms with Crippen molar-refractivity contribution in [2.75, 3.05) is 25.4 Å². The molecule has 0 radical (unpaired) electrons. The lowest BCUT2D eigenvalue weighted by molar-refractivity contribution is -0.120. The van der Waals surface area contributed by atoms with Crippen LogP contribution in [0, 0.1) is 0 Å². The molecule has 1 saturated heterocycles. The molecule has 1 fully saturated rings. The Hall–Kier alpha value is -0.880. The fourth-order valence-corrected chi connectivity index (χ4v) is 3.76. The zero-order valence-corrected chi connectivity index (χ0v) is 12.3. The third-order valence-corrected chi connectivity index (χ3v) is 5.16. The predicted octanol–water partition coefficient (Wildman–Crippen LogP) is 1.27. The van der Waals surface area contributed by atoms with E-state index in [0.717, 1.165) is 19.3 Å². The second kappa shape index (κ2) is 8.32. The monoisotopic (exact) mass is 288 g/mol. The highest BCUT2D eigenvalue weighted by Gasteiger charge is 2.23. The summed E-state index contributed by atoms with van der Waals surface area (Å²) >= 11 is 0. The first-order chi connectivity index (χ1) is 9.06. The van der Waals surface area contributed by atoms with Crippen LogP contribution in [0.2, 0.25) is 0 Å². The molecule has 1 aliphatic heterocycles. The summed E-state index contributed by atoms with van der Waals surface area (Å²) in [5, 5.41) is 2.68. The zero-order valence-electron chi connectivity index (χ0n) is 11.4. The summed E-state index contributed by atoms with van der Waals surface area (Å²) < 4.78 is 25.6. The number of amides is 1. The van der Waals surface area contributed by atoms with E-state index >= 15 is 0 Å². The molecule has 0 aliphatic carbocycles. The molecule has 0 saturated carbocycles. The highest BCUT2D eigenvalue weighted by atomic mass is 32.2. The van der Waals surface area contributed by atoms with E-state index in [-0.39, 0.29) is 11.7 Å². The number of nitrogens with zero attached hydrogens (tertiary/aromatic N) is 1. The number of unbranched alkanes of at least 4 members (excludes halogenated alkanes) is 1. The van der Waals surface area contributed by atoms with Gasteiger partial charge in [0.05, 0.1) is 5.75 Å². The van der Waals surface area contributed by atoms with Gasteiger partial charge < -0.3 is 5.32 Å². The first-order valence-electron chi connectivity index (χ1n) is 6.91. The summed E-state index contributed by atoms with van der Waals surface area (Å²) in [6.07, 6.45) is 6.19.